The van der Waals surface area contributed by atoms with Crippen LogP contribution in [0.15, 0.2) is 18.2 Å². The molecular weight excluding hydrogens is 254 g/mol. The van der Waals surface area contributed by atoms with Crippen molar-refractivity contribution >= 4 is 17.3 Å². The first kappa shape index (κ1) is 14.7. The lowest BCUT2D eigenvalue weighted by molar-refractivity contribution is 0.0614. The molecule has 1 amide bonds. The van der Waals surface area contributed by atoms with Crippen molar-refractivity contribution in [3.63, 3.8) is 0 Å². The average Bonchev–Trinajstić information content (AvgIpc) is 2.83. The normalized spacial score (nSPS) is 16.9. The molecule has 0 aliphatic heterocycles. The number of anilines is 2. The van der Waals surface area contributed by atoms with Gasteiger partial charge in [-0.3, -0.25) is 4.79 Å². The number of aliphatic hydroxyl groups is 1. The Morgan fingerprint density at radius 1 is 1.40 bits per heavy atom. The Morgan fingerprint density at radius 3 is 2.60 bits per heavy atom. The second kappa shape index (κ2) is 5.71. The number of nitrogen functional groups attached to an aromatic ring is 1. The molecule has 1 saturated carbocycles. The van der Waals surface area contributed by atoms with Gasteiger partial charge in [-0.2, -0.15) is 0 Å². The Balaban J connectivity index is 2.04. The van der Waals surface area contributed by atoms with Crippen LogP contribution in [0.1, 0.15) is 36.0 Å². The smallest absolute Gasteiger partial charge is 0.253 e. The highest BCUT2D eigenvalue weighted by Crippen LogP contribution is 2.30. The zero-order valence-electron chi connectivity index (χ0n) is 12.1. The molecule has 0 aromatic heterocycles. The van der Waals surface area contributed by atoms with E-state index >= 15 is 0 Å². The average molecular weight is 277 g/mol. The van der Waals surface area contributed by atoms with Gasteiger partial charge < -0.3 is 21.1 Å². The van der Waals surface area contributed by atoms with Crippen LogP contribution in [0.3, 0.4) is 0 Å². The van der Waals surface area contributed by atoms with E-state index in [9.17, 15) is 9.90 Å². The minimum Gasteiger partial charge on any atom is -0.397 e. The molecule has 0 spiro atoms. The van der Waals surface area contributed by atoms with Crippen molar-refractivity contribution in [2.24, 2.45) is 0 Å². The van der Waals surface area contributed by atoms with Crippen molar-refractivity contribution in [2.75, 3.05) is 31.7 Å². The van der Waals surface area contributed by atoms with Gasteiger partial charge in [0.2, 0.25) is 0 Å². The number of hydrogen-bond acceptors (Lipinski definition) is 4. The summed E-state index contributed by atoms with van der Waals surface area (Å²) in [5.74, 6) is -0.0716. The summed E-state index contributed by atoms with van der Waals surface area (Å²) >= 11 is 0. The van der Waals surface area contributed by atoms with Crippen LogP contribution in [0, 0.1) is 0 Å². The summed E-state index contributed by atoms with van der Waals surface area (Å²) in [5.41, 5.74) is 7.21. The predicted molar refractivity (Wildman–Crippen MR) is 80.8 cm³/mol. The number of nitrogens with two attached hydrogens (primary N) is 1. The quantitative estimate of drug-likeness (QED) is 0.732. The number of nitrogens with zero attached hydrogens (tertiary/aromatic N) is 1. The number of carbonyl (C=O) groups is 1. The first-order valence-electron chi connectivity index (χ1n) is 6.99. The molecule has 1 aromatic carbocycles. The minimum absolute atomic E-state index is 0.0716. The van der Waals surface area contributed by atoms with Crippen molar-refractivity contribution in [3.05, 3.63) is 23.8 Å². The van der Waals surface area contributed by atoms with E-state index in [0.29, 0.717) is 17.8 Å². The number of amides is 1. The third-order valence-electron chi connectivity index (χ3n) is 3.85. The number of carbonyl (C=O) groups excluding carboxylic acids is 1. The molecule has 0 heterocycles. The number of nitrogens with one attached hydrogen (secondary N) is 1. The van der Waals surface area contributed by atoms with Gasteiger partial charge in [-0.1, -0.05) is 12.8 Å². The van der Waals surface area contributed by atoms with Crippen LogP contribution in [0.4, 0.5) is 11.4 Å². The number of hydrogen-bond donors (Lipinski definition) is 3. The largest absolute Gasteiger partial charge is 0.397 e. The molecule has 0 radical (unpaired) electrons. The van der Waals surface area contributed by atoms with E-state index in [1.807, 2.05) is 0 Å². The van der Waals surface area contributed by atoms with E-state index in [1.165, 1.54) is 4.90 Å². The summed E-state index contributed by atoms with van der Waals surface area (Å²) < 4.78 is 0. The van der Waals surface area contributed by atoms with Crippen molar-refractivity contribution in [1.82, 2.24) is 4.90 Å². The van der Waals surface area contributed by atoms with Gasteiger partial charge in [0.1, 0.15) is 0 Å². The highest BCUT2D eigenvalue weighted by molar-refractivity contribution is 5.95. The maximum absolute atomic E-state index is 11.8. The van der Waals surface area contributed by atoms with Gasteiger partial charge in [0.05, 0.1) is 17.0 Å². The van der Waals surface area contributed by atoms with Gasteiger partial charge >= 0.3 is 0 Å². The maximum Gasteiger partial charge on any atom is 0.253 e. The van der Waals surface area contributed by atoms with E-state index < -0.39 is 5.60 Å². The molecule has 5 nitrogen and oxygen atoms in total. The van der Waals surface area contributed by atoms with E-state index in [2.05, 4.69) is 5.32 Å². The third kappa shape index (κ3) is 3.22. The van der Waals surface area contributed by atoms with Gasteiger partial charge in [0.15, 0.2) is 0 Å². The fraction of sp³-hybridized carbons (Fsp3) is 0.533. The molecule has 2 rings (SSSR count). The lowest BCUT2D eigenvalue weighted by Gasteiger charge is -2.23. The van der Waals surface area contributed by atoms with Crippen LogP contribution in [0.5, 0.6) is 0 Å². The Bertz CT molecular complexity index is 494. The lowest BCUT2D eigenvalue weighted by Crippen LogP contribution is -2.33. The highest BCUT2D eigenvalue weighted by Gasteiger charge is 2.30. The summed E-state index contributed by atoms with van der Waals surface area (Å²) in [5, 5.41) is 13.5. The second-order valence-electron chi connectivity index (χ2n) is 5.79. The summed E-state index contributed by atoms with van der Waals surface area (Å²) in [6, 6.07) is 5.22. The molecule has 4 N–H and O–H groups in total. The number of benzene rings is 1. The van der Waals surface area contributed by atoms with Crippen LogP contribution >= 0.6 is 0 Å². The first-order chi connectivity index (χ1) is 9.41. The Labute approximate surface area is 119 Å². The molecule has 0 unspecified atom stereocenters. The second-order valence-corrected chi connectivity index (χ2v) is 5.79. The molecule has 1 aliphatic rings. The van der Waals surface area contributed by atoms with Gasteiger partial charge in [-0.05, 0) is 31.0 Å². The van der Waals surface area contributed by atoms with Crippen LogP contribution in [0.25, 0.3) is 0 Å². The highest BCUT2D eigenvalue weighted by atomic mass is 16.3. The van der Waals surface area contributed by atoms with Crippen LogP contribution in [-0.4, -0.2) is 42.2 Å². The zero-order valence-corrected chi connectivity index (χ0v) is 12.1. The van der Waals surface area contributed by atoms with Gasteiger partial charge in [0.25, 0.3) is 5.91 Å². The molecule has 20 heavy (non-hydrogen) atoms. The van der Waals surface area contributed by atoms with Gasteiger partial charge in [-0.15, -0.1) is 0 Å². The molecule has 5 heteroatoms. The van der Waals surface area contributed by atoms with E-state index in [-0.39, 0.29) is 5.91 Å². The minimum atomic E-state index is -0.620. The van der Waals surface area contributed by atoms with Gasteiger partial charge in [0, 0.05) is 26.2 Å². The van der Waals surface area contributed by atoms with Gasteiger partial charge in [-0.25, -0.2) is 0 Å². The molecule has 1 fully saturated rings. The fourth-order valence-electron chi connectivity index (χ4n) is 2.58. The molecular formula is C15H23N3O2. The summed E-state index contributed by atoms with van der Waals surface area (Å²) in [6.07, 6.45) is 3.81. The third-order valence-corrected chi connectivity index (χ3v) is 3.85. The lowest BCUT2D eigenvalue weighted by atomic mass is 10.0. The topological polar surface area (TPSA) is 78.6 Å². The maximum atomic E-state index is 11.8. The summed E-state index contributed by atoms with van der Waals surface area (Å²) in [6.45, 7) is 0.498. The fourth-order valence-corrected chi connectivity index (χ4v) is 2.58. The van der Waals surface area contributed by atoms with Crippen molar-refractivity contribution < 1.29 is 9.90 Å². The number of rotatable bonds is 4. The summed E-state index contributed by atoms with van der Waals surface area (Å²) in [7, 11) is 3.42. The van der Waals surface area contributed by atoms with Crippen molar-refractivity contribution in [2.45, 2.75) is 31.3 Å². The standard InChI is InChI=1S/C15H23N3O2/c1-18(2)14(19)11-5-6-13(12(16)9-11)17-10-15(20)7-3-4-8-15/h5-6,9,17,20H,3-4,7-8,10,16H2,1-2H3. The SMILES string of the molecule is CN(C)C(=O)c1ccc(NCC2(O)CCCC2)c(N)c1. The molecule has 0 atom stereocenters. The van der Waals surface area contributed by atoms with Crippen molar-refractivity contribution in [1.29, 1.82) is 0 Å². The van der Waals surface area contributed by atoms with E-state index in [0.717, 1.165) is 31.4 Å². The molecule has 0 saturated heterocycles. The van der Waals surface area contributed by atoms with E-state index in [4.69, 9.17) is 5.73 Å². The Morgan fingerprint density at radius 2 is 2.05 bits per heavy atom. The molecule has 0 bridgehead atoms. The summed E-state index contributed by atoms with van der Waals surface area (Å²) in [4.78, 5) is 13.4. The Kier molecular flexibility index (Phi) is 4.18. The molecule has 110 valence electrons. The van der Waals surface area contributed by atoms with Crippen LogP contribution in [0.2, 0.25) is 0 Å². The Hall–Kier alpha value is -1.75. The molecule has 1 aromatic rings. The van der Waals surface area contributed by atoms with Crippen LogP contribution < -0.4 is 11.1 Å². The zero-order chi connectivity index (χ0) is 14.8. The predicted octanol–water partition coefficient (Wildman–Crippen LogP) is 1.69. The van der Waals surface area contributed by atoms with Crippen LogP contribution in [-0.2, 0) is 0 Å². The van der Waals surface area contributed by atoms with E-state index in [1.54, 1.807) is 32.3 Å². The first-order valence-corrected chi connectivity index (χ1v) is 6.99. The monoisotopic (exact) mass is 277 g/mol. The molecule has 1 aliphatic carbocycles. The van der Waals surface area contributed by atoms with Crippen molar-refractivity contribution in [3.8, 4) is 0 Å².